The van der Waals surface area contributed by atoms with Gasteiger partial charge in [-0.05, 0) is 26.3 Å². The molecule has 3 aromatic rings. The van der Waals surface area contributed by atoms with Crippen LogP contribution in [0.15, 0.2) is 36.5 Å². The molecule has 0 amide bonds. The normalized spacial score (nSPS) is 17.5. The molecule has 1 aliphatic rings. The first-order valence-corrected chi connectivity index (χ1v) is 8.45. The van der Waals surface area contributed by atoms with Crippen LogP contribution in [0.2, 0.25) is 0 Å². The summed E-state index contributed by atoms with van der Waals surface area (Å²) in [5.74, 6) is 0.858. The van der Waals surface area contributed by atoms with Gasteiger partial charge in [0, 0.05) is 18.7 Å². The number of aromatic nitrogens is 5. The van der Waals surface area contributed by atoms with Gasteiger partial charge in [0.2, 0.25) is 0 Å². The molecule has 1 atom stereocenters. The molecule has 124 valence electrons. The van der Waals surface area contributed by atoms with E-state index < -0.39 is 0 Å². The number of hydrogen-bond acceptors (Lipinski definition) is 4. The Morgan fingerprint density at radius 2 is 2.08 bits per heavy atom. The lowest BCUT2D eigenvalue weighted by molar-refractivity contribution is 0.466. The second-order valence-electron chi connectivity index (χ2n) is 6.41. The van der Waals surface area contributed by atoms with Crippen molar-refractivity contribution in [1.82, 2.24) is 29.9 Å². The fraction of sp³-hybridized carbons (Fsp3) is 0.389. The molecule has 1 N–H and O–H groups in total. The quantitative estimate of drug-likeness (QED) is 0.801. The van der Waals surface area contributed by atoms with E-state index in [1.54, 1.807) is 0 Å². The van der Waals surface area contributed by atoms with Crippen LogP contribution in [0.4, 0.5) is 0 Å². The fourth-order valence-corrected chi connectivity index (χ4v) is 3.49. The van der Waals surface area contributed by atoms with Crippen LogP contribution in [0.25, 0.3) is 22.8 Å². The minimum atomic E-state index is 0.502. The number of nitrogens with one attached hydrogen (secondary N) is 1. The summed E-state index contributed by atoms with van der Waals surface area (Å²) in [6.07, 6.45) is 4.44. The highest BCUT2D eigenvalue weighted by Gasteiger charge is 2.19. The van der Waals surface area contributed by atoms with Crippen LogP contribution in [0.1, 0.15) is 18.5 Å². The van der Waals surface area contributed by atoms with Crippen LogP contribution in [-0.4, -0.2) is 37.1 Å². The van der Waals surface area contributed by atoms with E-state index in [0.29, 0.717) is 6.04 Å². The summed E-state index contributed by atoms with van der Waals surface area (Å²) in [4.78, 5) is 4.73. The lowest BCUT2D eigenvalue weighted by Crippen LogP contribution is -2.26. The Hall–Kier alpha value is -2.47. The zero-order valence-corrected chi connectivity index (χ0v) is 14.1. The summed E-state index contributed by atoms with van der Waals surface area (Å²) in [6, 6.07) is 10.8. The molecule has 1 fully saturated rings. The van der Waals surface area contributed by atoms with Crippen molar-refractivity contribution in [3.8, 4) is 22.8 Å². The second-order valence-corrected chi connectivity index (χ2v) is 6.41. The molecule has 0 aliphatic carbocycles. The fourth-order valence-electron chi connectivity index (χ4n) is 3.49. The summed E-state index contributed by atoms with van der Waals surface area (Å²) in [7, 11) is 2.04. The van der Waals surface area contributed by atoms with Gasteiger partial charge in [-0.25, -0.2) is 4.98 Å². The molecule has 0 spiro atoms. The predicted molar refractivity (Wildman–Crippen MR) is 93.4 cm³/mol. The van der Waals surface area contributed by atoms with Crippen molar-refractivity contribution in [2.75, 3.05) is 6.54 Å². The Balaban J connectivity index is 1.64. The molecule has 0 radical (unpaired) electrons. The van der Waals surface area contributed by atoms with E-state index in [1.807, 2.05) is 43.0 Å². The number of rotatable bonds is 4. The largest absolute Gasteiger partial charge is 0.325 e. The highest BCUT2D eigenvalue weighted by molar-refractivity contribution is 5.66. The maximum atomic E-state index is 4.73. The molecule has 0 unspecified atom stereocenters. The first-order chi connectivity index (χ1) is 11.7. The number of nitrogens with zero attached hydrogens (tertiary/aromatic N) is 5. The van der Waals surface area contributed by atoms with Crippen LogP contribution in [0.3, 0.4) is 0 Å². The average molecular weight is 322 g/mol. The van der Waals surface area contributed by atoms with Gasteiger partial charge in [0.1, 0.15) is 5.69 Å². The van der Waals surface area contributed by atoms with Crippen molar-refractivity contribution in [1.29, 1.82) is 0 Å². The smallest absolute Gasteiger partial charge is 0.162 e. The van der Waals surface area contributed by atoms with E-state index in [1.165, 1.54) is 18.4 Å². The summed E-state index contributed by atoms with van der Waals surface area (Å²) in [5.41, 5.74) is 4.11. The summed E-state index contributed by atoms with van der Waals surface area (Å²) in [5, 5.41) is 12.1. The van der Waals surface area contributed by atoms with Gasteiger partial charge < -0.3 is 9.88 Å². The van der Waals surface area contributed by atoms with Gasteiger partial charge in [0.05, 0.1) is 24.1 Å². The van der Waals surface area contributed by atoms with E-state index in [-0.39, 0.29) is 0 Å². The van der Waals surface area contributed by atoms with Gasteiger partial charge >= 0.3 is 0 Å². The molecule has 0 bridgehead atoms. The molecule has 4 rings (SSSR count). The Morgan fingerprint density at radius 1 is 1.25 bits per heavy atom. The van der Waals surface area contributed by atoms with Crippen LogP contribution in [-0.2, 0) is 13.6 Å². The van der Waals surface area contributed by atoms with Gasteiger partial charge in [-0.15, -0.1) is 5.10 Å². The van der Waals surface area contributed by atoms with Crippen molar-refractivity contribution >= 4 is 0 Å². The number of hydrogen-bond donors (Lipinski definition) is 1. The summed E-state index contributed by atoms with van der Waals surface area (Å²) >= 11 is 0. The van der Waals surface area contributed by atoms with Crippen molar-refractivity contribution < 1.29 is 0 Å². The molecule has 0 saturated carbocycles. The highest BCUT2D eigenvalue weighted by atomic mass is 15.4. The van der Waals surface area contributed by atoms with E-state index in [2.05, 4.69) is 32.3 Å². The standard InChI is InChI=1S/C18H22N6/c1-13-17(14-7-4-3-5-8-14)23(2)18(20-13)16-12-24(22-21-16)11-15-9-6-10-19-15/h3-5,7-8,12,15,19H,6,9-11H2,1-2H3/t15-/m0/s1. The molecule has 6 nitrogen and oxygen atoms in total. The van der Waals surface area contributed by atoms with Crippen molar-refractivity contribution in [2.45, 2.75) is 32.4 Å². The van der Waals surface area contributed by atoms with Crippen LogP contribution in [0, 0.1) is 6.92 Å². The van der Waals surface area contributed by atoms with Gasteiger partial charge in [-0.3, -0.25) is 4.68 Å². The van der Waals surface area contributed by atoms with Crippen LogP contribution >= 0.6 is 0 Å². The first kappa shape index (κ1) is 15.1. The highest BCUT2D eigenvalue weighted by Crippen LogP contribution is 2.27. The minimum Gasteiger partial charge on any atom is -0.325 e. The lowest BCUT2D eigenvalue weighted by atomic mass is 10.1. The number of aryl methyl sites for hydroxylation is 1. The monoisotopic (exact) mass is 322 g/mol. The molecule has 1 aliphatic heterocycles. The topological polar surface area (TPSA) is 60.6 Å². The van der Waals surface area contributed by atoms with E-state index in [9.17, 15) is 0 Å². The number of benzene rings is 1. The molecular formula is C18H22N6. The molecule has 2 aromatic heterocycles. The van der Waals surface area contributed by atoms with Gasteiger partial charge in [-0.1, -0.05) is 35.5 Å². The number of imidazole rings is 1. The van der Waals surface area contributed by atoms with Gasteiger partial charge in [0.25, 0.3) is 0 Å². The maximum absolute atomic E-state index is 4.73. The van der Waals surface area contributed by atoms with E-state index >= 15 is 0 Å². The molecule has 3 heterocycles. The molecule has 24 heavy (non-hydrogen) atoms. The minimum absolute atomic E-state index is 0.502. The van der Waals surface area contributed by atoms with Crippen LogP contribution in [0.5, 0.6) is 0 Å². The van der Waals surface area contributed by atoms with Gasteiger partial charge in [-0.2, -0.15) is 0 Å². The summed E-state index contributed by atoms with van der Waals surface area (Å²) < 4.78 is 4.03. The van der Waals surface area contributed by atoms with Crippen molar-refractivity contribution in [3.63, 3.8) is 0 Å². The Labute approximate surface area is 141 Å². The third kappa shape index (κ3) is 2.73. The second kappa shape index (κ2) is 6.20. The summed E-state index contributed by atoms with van der Waals surface area (Å²) in [6.45, 7) is 4.01. The third-order valence-corrected chi connectivity index (χ3v) is 4.65. The lowest BCUT2D eigenvalue weighted by Gasteiger charge is -2.08. The zero-order chi connectivity index (χ0) is 16.5. The van der Waals surface area contributed by atoms with Crippen molar-refractivity contribution in [2.24, 2.45) is 7.05 Å². The molecule has 1 aromatic carbocycles. The van der Waals surface area contributed by atoms with Crippen molar-refractivity contribution in [3.05, 3.63) is 42.2 Å². The Kier molecular flexibility index (Phi) is 3.90. The van der Waals surface area contributed by atoms with Gasteiger partial charge in [0.15, 0.2) is 5.82 Å². The molecule has 6 heteroatoms. The zero-order valence-electron chi connectivity index (χ0n) is 14.1. The maximum Gasteiger partial charge on any atom is 0.162 e. The van der Waals surface area contributed by atoms with Crippen LogP contribution < -0.4 is 5.32 Å². The van der Waals surface area contributed by atoms with E-state index in [4.69, 9.17) is 4.98 Å². The molecular weight excluding hydrogens is 300 g/mol. The molecule has 1 saturated heterocycles. The Bertz CT molecular complexity index is 827. The predicted octanol–water partition coefficient (Wildman–Crippen LogP) is 2.41. The average Bonchev–Trinajstić information content (AvgIpc) is 3.31. The van der Waals surface area contributed by atoms with E-state index in [0.717, 1.165) is 36.0 Å². The first-order valence-electron chi connectivity index (χ1n) is 8.45. The Morgan fingerprint density at radius 3 is 2.83 bits per heavy atom. The third-order valence-electron chi connectivity index (χ3n) is 4.65. The SMILES string of the molecule is Cc1nc(-c2cn(C[C@@H]3CCCN3)nn2)n(C)c1-c1ccccc1.